The second-order valence-electron chi connectivity index (χ2n) is 11.0. The topological polar surface area (TPSA) is 88.6 Å². The summed E-state index contributed by atoms with van der Waals surface area (Å²) < 4.78 is 6.78. The van der Waals surface area contributed by atoms with Crippen LogP contribution in [0, 0.1) is 17.3 Å². The molecule has 2 aliphatic carbocycles. The fourth-order valence-corrected chi connectivity index (χ4v) is 6.91. The molecule has 0 bridgehead atoms. The highest BCUT2D eigenvalue weighted by Gasteiger charge is 2.55. The number of fused-ring (bicyclic) bond motifs is 1. The van der Waals surface area contributed by atoms with Crippen molar-refractivity contribution in [1.82, 2.24) is 14.5 Å². The second kappa shape index (κ2) is 8.90. The number of hydrogen-bond donors (Lipinski definition) is 1. The maximum atomic E-state index is 13.4. The number of nitrogens with zero attached hydrogens (tertiary/aromatic N) is 3. The number of aromatic nitrogens is 2. The van der Waals surface area contributed by atoms with Gasteiger partial charge in [-0.15, -0.1) is 0 Å². The number of furan rings is 1. The van der Waals surface area contributed by atoms with Gasteiger partial charge in [0.1, 0.15) is 11.7 Å². The lowest BCUT2D eigenvalue weighted by Gasteiger charge is -2.52. The lowest BCUT2D eigenvalue weighted by molar-refractivity contribution is -0.163. The van der Waals surface area contributed by atoms with Crippen LogP contribution in [0.2, 0.25) is 0 Å². The van der Waals surface area contributed by atoms with Gasteiger partial charge in [0, 0.05) is 24.4 Å². The molecule has 1 amide bonds. The average Bonchev–Trinajstić information content (AvgIpc) is 3.49. The van der Waals surface area contributed by atoms with E-state index in [1.54, 1.807) is 6.07 Å². The van der Waals surface area contributed by atoms with Crippen LogP contribution in [0.3, 0.4) is 0 Å². The Bertz CT molecular complexity index is 1050. The van der Waals surface area contributed by atoms with Crippen molar-refractivity contribution in [2.75, 3.05) is 13.1 Å². The summed E-state index contributed by atoms with van der Waals surface area (Å²) in [6.07, 6.45) is 14.7. The first kappa shape index (κ1) is 22.6. The third-order valence-electron chi connectivity index (χ3n) is 8.86. The monoisotopic (exact) mass is 455 g/mol. The minimum Gasteiger partial charge on any atom is -0.446 e. The van der Waals surface area contributed by atoms with Crippen LogP contribution in [0.1, 0.15) is 77.6 Å². The predicted molar refractivity (Wildman–Crippen MR) is 126 cm³/mol. The molecule has 1 N–H and O–H groups in total. The fourth-order valence-electron chi connectivity index (χ4n) is 6.91. The first-order chi connectivity index (χ1) is 15.9. The molecular formula is C26H37N3O4. The number of carbonyl (C=O) groups is 1. The maximum absolute atomic E-state index is 13.4. The number of amides is 1. The molecule has 5 rings (SSSR count). The van der Waals surface area contributed by atoms with Gasteiger partial charge in [-0.2, -0.15) is 0 Å². The molecule has 1 spiro atoms. The van der Waals surface area contributed by atoms with Crippen LogP contribution in [0.25, 0.3) is 11.1 Å². The molecule has 0 radical (unpaired) electrons. The molecule has 7 heteroatoms. The predicted octanol–water partition coefficient (Wildman–Crippen LogP) is 4.12. The standard InChI is InChI=1S/C26H37N3O4/c1-19(15-20-7-3-2-4-8-20)23(30)28-13-12-26(32,25(16-28)10-5-6-11-25)17-29-18-27-22-21(24(29)31)9-14-33-22/h9,14,18-20,32H,2-8,10-13,15-17H2,1H3/t19-,26?/m1/s1. The Labute approximate surface area is 195 Å². The Morgan fingerprint density at radius 1 is 1.21 bits per heavy atom. The summed E-state index contributed by atoms with van der Waals surface area (Å²) in [4.78, 5) is 32.6. The molecule has 7 nitrogen and oxygen atoms in total. The van der Waals surface area contributed by atoms with Gasteiger partial charge in [-0.25, -0.2) is 4.98 Å². The smallest absolute Gasteiger partial charge is 0.264 e. The average molecular weight is 456 g/mol. The molecular weight excluding hydrogens is 418 g/mol. The van der Waals surface area contributed by atoms with Crippen LogP contribution >= 0.6 is 0 Å². The summed E-state index contributed by atoms with van der Waals surface area (Å²) in [6.45, 7) is 3.43. The summed E-state index contributed by atoms with van der Waals surface area (Å²) in [5.41, 5.74) is -1.26. The van der Waals surface area contributed by atoms with E-state index in [0.717, 1.165) is 32.1 Å². The summed E-state index contributed by atoms with van der Waals surface area (Å²) in [5, 5.41) is 12.4. The van der Waals surface area contributed by atoms with E-state index in [-0.39, 0.29) is 29.3 Å². The van der Waals surface area contributed by atoms with Crippen molar-refractivity contribution in [2.24, 2.45) is 17.3 Å². The van der Waals surface area contributed by atoms with Gasteiger partial charge in [0.25, 0.3) is 5.56 Å². The van der Waals surface area contributed by atoms with E-state index in [9.17, 15) is 14.7 Å². The Morgan fingerprint density at radius 3 is 2.73 bits per heavy atom. The normalized spacial score (nSPS) is 26.8. The van der Waals surface area contributed by atoms with Gasteiger partial charge in [-0.05, 0) is 37.7 Å². The maximum Gasteiger partial charge on any atom is 0.264 e. The van der Waals surface area contributed by atoms with Crippen molar-refractivity contribution in [2.45, 2.75) is 89.7 Å². The van der Waals surface area contributed by atoms with Gasteiger partial charge in [0.2, 0.25) is 11.6 Å². The molecule has 1 unspecified atom stereocenters. The SMILES string of the molecule is C[C@H](CC1CCCCC1)C(=O)N1CCC(O)(Cn2cnc3occc3c2=O)C2(CCCC2)C1. The van der Waals surface area contributed by atoms with Crippen LogP contribution < -0.4 is 5.56 Å². The highest BCUT2D eigenvalue weighted by molar-refractivity contribution is 5.78. The van der Waals surface area contributed by atoms with Crippen molar-refractivity contribution in [3.63, 3.8) is 0 Å². The van der Waals surface area contributed by atoms with E-state index in [2.05, 4.69) is 11.9 Å². The zero-order chi connectivity index (χ0) is 23.1. The minimum atomic E-state index is -1.03. The molecule has 2 saturated carbocycles. The van der Waals surface area contributed by atoms with Crippen LogP contribution in [0.5, 0.6) is 0 Å². The summed E-state index contributed by atoms with van der Waals surface area (Å²) in [5.74, 6) is 0.956. The lowest BCUT2D eigenvalue weighted by atomic mass is 9.65. The van der Waals surface area contributed by atoms with E-state index in [1.165, 1.54) is 49.3 Å². The van der Waals surface area contributed by atoms with Crippen molar-refractivity contribution in [1.29, 1.82) is 0 Å². The molecule has 3 heterocycles. The molecule has 1 saturated heterocycles. The highest BCUT2D eigenvalue weighted by atomic mass is 16.3. The van der Waals surface area contributed by atoms with Crippen LogP contribution in [-0.2, 0) is 11.3 Å². The third kappa shape index (κ3) is 4.13. The van der Waals surface area contributed by atoms with Gasteiger partial charge in [-0.3, -0.25) is 14.2 Å². The summed E-state index contributed by atoms with van der Waals surface area (Å²) in [6, 6.07) is 1.63. The summed E-state index contributed by atoms with van der Waals surface area (Å²) >= 11 is 0. The third-order valence-corrected chi connectivity index (χ3v) is 8.86. The van der Waals surface area contributed by atoms with Gasteiger partial charge in [0.15, 0.2) is 0 Å². The second-order valence-corrected chi connectivity index (χ2v) is 11.0. The van der Waals surface area contributed by atoms with E-state index in [0.29, 0.717) is 36.5 Å². The van der Waals surface area contributed by atoms with Crippen LogP contribution in [-0.4, -0.2) is 44.2 Å². The van der Waals surface area contributed by atoms with E-state index < -0.39 is 5.60 Å². The van der Waals surface area contributed by atoms with Crippen molar-refractivity contribution in [3.05, 3.63) is 29.0 Å². The van der Waals surface area contributed by atoms with E-state index in [4.69, 9.17) is 4.42 Å². The van der Waals surface area contributed by atoms with Crippen molar-refractivity contribution < 1.29 is 14.3 Å². The molecule has 0 aromatic carbocycles. The zero-order valence-corrected chi connectivity index (χ0v) is 19.8. The lowest BCUT2D eigenvalue weighted by Crippen LogP contribution is -2.62. The first-order valence-electron chi connectivity index (χ1n) is 12.8. The van der Waals surface area contributed by atoms with Crippen molar-refractivity contribution >= 4 is 17.0 Å². The van der Waals surface area contributed by atoms with E-state index >= 15 is 0 Å². The molecule has 1 aliphatic heterocycles. The number of piperidine rings is 1. The van der Waals surface area contributed by atoms with Crippen molar-refractivity contribution in [3.8, 4) is 0 Å². The highest BCUT2D eigenvalue weighted by Crippen LogP contribution is 2.51. The molecule has 2 aromatic heterocycles. The Hall–Kier alpha value is -2.15. The largest absolute Gasteiger partial charge is 0.446 e. The van der Waals surface area contributed by atoms with Crippen LogP contribution in [0.15, 0.2) is 27.9 Å². The Kier molecular flexibility index (Phi) is 6.10. The Morgan fingerprint density at radius 2 is 1.97 bits per heavy atom. The Balaban J connectivity index is 1.33. The number of hydrogen-bond acceptors (Lipinski definition) is 5. The molecule has 180 valence electrons. The first-order valence-corrected chi connectivity index (χ1v) is 12.8. The zero-order valence-electron chi connectivity index (χ0n) is 19.8. The molecule has 2 aromatic rings. The fraction of sp³-hybridized carbons (Fsp3) is 0.731. The number of aliphatic hydroxyl groups is 1. The molecule has 2 atom stereocenters. The number of rotatable bonds is 5. The van der Waals surface area contributed by atoms with Gasteiger partial charge in [0.05, 0.1) is 18.4 Å². The summed E-state index contributed by atoms with van der Waals surface area (Å²) in [7, 11) is 0. The number of likely N-dealkylation sites (tertiary alicyclic amines) is 1. The quantitative estimate of drug-likeness (QED) is 0.733. The van der Waals surface area contributed by atoms with Gasteiger partial charge >= 0.3 is 0 Å². The molecule has 3 aliphatic rings. The van der Waals surface area contributed by atoms with E-state index in [1.807, 2.05) is 4.90 Å². The van der Waals surface area contributed by atoms with Gasteiger partial charge < -0.3 is 14.4 Å². The molecule has 3 fully saturated rings. The minimum absolute atomic E-state index is 0.0352. The number of carbonyl (C=O) groups excluding carboxylic acids is 1. The van der Waals surface area contributed by atoms with Gasteiger partial charge in [-0.1, -0.05) is 51.9 Å². The van der Waals surface area contributed by atoms with Crippen LogP contribution in [0.4, 0.5) is 0 Å². The molecule has 33 heavy (non-hydrogen) atoms.